The minimum Gasteiger partial charge on any atom is -0.352 e. The highest BCUT2D eigenvalue weighted by atomic mass is 16.2. The lowest BCUT2D eigenvalue weighted by Crippen LogP contribution is -2.34. The summed E-state index contributed by atoms with van der Waals surface area (Å²) in [5.74, 6) is 2.18. The highest BCUT2D eigenvalue weighted by Gasteiger charge is 2.38. The molecule has 0 aromatic carbocycles. The fourth-order valence-corrected chi connectivity index (χ4v) is 3.20. The van der Waals surface area contributed by atoms with Crippen molar-refractivity contribution in [2.24, 2.45) is 10.2 Å². The number of nitrogens with one attached hydrogen (secondary N) is 2. The van der Waals surface area contributed by atoms with Gasteiger partial charge in [0.25, 0.3) is 11.5 Å². The average Bonchev–Trinajstić information content (AvgIpc) is 3.45. The van der Waals surface area contributed by atoms with Crippen LogP contribution in [-0.2, 0) is 6.54 Å². The fourth-order valence-electron chi connectivity index (χ4n) is 3.20. The lowest BCUT2D eigenvalue weighted by atomic mass is 10.0. The van der Waals surface area contributed by atoms with Crippen LogP contribution in [0.25, 0.3) is 11.0 Å². The number of carbonyl (C=O) groups excluding carboxylic acids is 1. The van der Waals surface area contributed by atoms with E-state index in [-0.39, 0.29) is 22.5 Å². The van der Waals surface area contributed by atoms with Gasteiger partial charge in [0.15, 0.2) is 11.3 Å². The zero-order valence-electron chi connectivity index (χ0n) is 16.8. The summed E-state index contributed by atoms with van der Waals surface area (Å²) in [4.78, 5) is 44.3. The molecule has 0 spiro atoms. The summed E-state index contributed by atoms with van der Waals surface area (Å²) in [5.41, 5.74) is -0.617. The number of aromatic amines is 1. The van der Waals surface area contributed by atoms with Crippen LogP contribution in [0.5, 0.6) is 0 Å². The molecule has 0 saturated carbocycles. The molecule has 3 heterocycles. The van der Waals surface area contributed by atoms with E-state index in [1.807, 2.05) is 13.8 Å². The van der Waals surface area contributed by atoms with Gasteiger partial charge in [-0.2, -0.15) is 10.2 Å². The average molecular weight is 396 g/mol. The molecule has 152 valence electrons. The Kier molecular flexibility index (Phi) is 5.64. The van der Waals surface area contributed by atoms with E-state index in [1.54, 1.807) is 13.0 Å². The Labute approximate surface area is 167 Å². The highest BCUT2D eigenvalue weighted by molar-refractivity contribution is 6.05. The third-order valence-electron chi connectivity index (χ3n) is 4.98. The maximum absolute atomic E-state index is 12.9. The summed E-state index contributed by atoms with van der Waals surface area (Å²) in [5, 5.41) is 11.0. The number of hydrogen-bond acceptors (Lipinski definition) is 6. The molecule has 29 heavy (non-hydrogen) atoms. The van der Waals surface area contributed by atoms with Crippen molar-refractivity contribution in [2.75, 3.05) is 6.54 Å². The van der Waals surface area contributed by atoms with Crippen molar-refractivity contribution in [3.63, 3.8) is 0 Å². The van der Waals surface area contributed by atoms with Crippen LogP contribution in [0.2, 0.25) is 0 Å². The van der Waals surface area contributed by atoms with Crippen LogP contribution in [0.1, 0.15) is 62.0 Å². The van der Waals surface area contributed by atoms with Gasteiger partial charge in [0.2, 0.25) is 0 Å². The van der Waals surface area contributed by atoms with Crippen LogP contribution in [0.15, 0.2) is 25.9 Å². The van der Waals surface area contributed by atoms with E-state index in [4.69, 9.17) is 6.42 Å². The van der Waals surface area contributed by atoms with Gasteiger partial charge < -0.3 is 5.32 Å². The van der Waals surface area contributed by atoms with E-state index in [9.17, 15) is 14.4 Å². The molecule has 1 amide bonds. The molecule has 9 nitrogen and oxygen atoms in total. The molecule has 0 saturated heterocycles. The lowest BCUT2D eigenvalue weighted by molar-refractivity contribution is 0.0953. The number of pyridine rings is 1. The minimum absolute atomic E-state index is 0.0155. The predicted octanol–water partition coefficient (Wildman–Crippen LogP) is 1.92. The Hall–Kier alpha value is -3.28. The summed E-state index contributed by atoms with van der Waals surface area (Å²) in [7, 11) is 0. The van der Waals surface area contributed by atoms with Gasteiger partial charge >= 0.3 is 5.69 Å². The third kappa shape index (κ3) is 4.11. The highest BCUT2D eigenvalue weighted by Crippen LogP contribution is 2.36. The first-order valence-electron chi connectivity index (χ1n) is 9.65. The maximum Gasteiger partial charge on any atom is 0.329 e. The van der Waals surface area contributed by atoms with Gasteiger partial charge in [-0.15, -0.1) is 12.3 Å². The summed E-state index contributed by atoms with van der Waals surface area (Å²) in [6.07, 6.45) is 7.05. The number of carbonyl (C=O) groups is 1. The van der Waals surface area contributed by atoms with Gasteiger partial charge in [0.05, 0.1) is 10.9 Å². The molecule has 2 N–H and O–H groups in total. The standard InChI is InChI=1S/C20H24N6O3/c1-5-7-8-20(24-25-20)9-10-21-17(27)13-11-14(12(3)4)22-16-15(13)18(28)23-19(29)26(16)6-2/h1,11-12H,6-10H2,2-4H3,(H,21,27)(H,23,28,29). The van der Waals surface area contributed by atoms with E-state index < -0.39 is 22.8 Å². The molecule has 0 atom stereocenters. The van der Waals surface area contributed by atoms with Crippen molar-refractivity contribution in [3.05, 3.63) is 38.2 Å². The third-order valence-corrected chi connectivity index (χ3v) is 4.98. The molecule has 0 unspecified atom stereocenters. The zero-order chi connectivity index (χ0) is 21.2. The Morgan fingerprint density at radius 3 is 2.66 bits per heavy atom. The Balaban J connectivity index is 1.93. The quantitative estimate of drug-likeness (QED) is 0.662. The summed E-state index contributed by atoms with van der Waals surface area (Å²) >= 11 is 0. The van der Waals surface area contributed by atoms with Gasteiger partial charge in [0.1, 0.15) is 0 Å². The van der Waals surface area contributed by atoms with Crippen LogP contribution in [0.3, 0.4) is 0 Å². The topological polar surface area (TPSA) is 122 Å². The summed E-state index contributed by atoms with van der Waals surface area (Å²) in [6, 6.07) is 1.61. The van der Waals surface area contributed by atoms with Crippen LogP contribution in [0, 0.1) is 12.3 Å². The van der Waals surface area contributed by atoms with E-state index in [0.29, 0.717) is 38.0 Å². The molecule has 0 radical (unpaired) electrons. The predicted molar refractivity (Wildman–Crippen MR) is 109 cm³/mol. The van der Waals surface area contributed by atoms with Crippen LogP contribution >= 0.6 is 0 Å². The molecule has 3 rings (SSSR count). The zero-order valence-corrected chi connectivity index (χ0v) is 16.8. The van der Waals surface area contributed by atoms with Gasteiger partial charge in [-0.3, -0.25) is 19.1 Å². The number of nitrogens with zero attached hydrogens (tertiary/aromatic N) is 4. The van der Waals surface area contributed by atoms with E-state index in [2.05, 4.69) is 31.4 Å². The largest absolute Gasteiger partial charge is 0.352 e. The summed E-state index contributed by atoms with van der Waals surface area (Å²) < 4.78 is 1.36. The molecule has 0 aliphatic carbocycles. The maximum atomic E-state index is 12.9. The van der Waals surface area contributed by atoms with Crippen molar-refractivity contribution < 1.29 is 4.79 Å². The number of aromatic nitrogens is 3. The van der Waals surface area contributed by atoms with Crippen molar-refractivity contribution in [1.29, 1.82) is 0 Å². The van der Waals surface area contributed by atoms with E-state index in [1.165, 1.54) is 4.57 Å². The van der Waals surface area contributed by atoms with Crippen LogP contribution < -0.4 is 16.6 Å². The molecule has 2 aromatic rings. The first kappa shape index (κ1) is 20.5. The van der Waals surface area contributed by atoms with Crippen molar-refractivity contribution in [2.45, 2.75) is 58.2 Å². The Morgan fingerprint density at radius 1 is 1.34 bits per heavy atom. The van der Waals surface area contributed by atoms with Gasteiger partial charge in [-0.1, -0.05) is 13.8 Å². The van der Waals surface area contributed by atoms with Crippen LogP contribution in [0.4, 0.5) is 0 Å². The second kappa shape index (κ2) is 7.99. The van der Waals surface area contributed by atoms with Crippen molar-refractivity contribution >= 4 is 16.9 Å². The monoisotopic (exact) mass is 396 g/mol. The number of terminal acetylenes is 1. The second-order valence-electron chi connectivity index (χ2n) is 7.34. The smallest absolute Gasteiger partial charge is 0.329 e. The number of H-pyrrole nitrogens is 1. The molecular weight excluding hydrogens is 372 g/mol. The van der Waals surface area contributed by atoms with Gasteiger partial charge in [-0.05, 0) is 18.9 Å². The molecule has 1 aliphatic rings. The number of fused-ring (bicyclic) bond motifs is 1. The number of hydrogen-bond donors (Lipinski definition) is 2. The molecule has 9 heteroatoms. The normalized spacial score (nSPS) is 14.2. The lowest BCUT2D eigenvalue weighted by Gasteiger charge is -2.14. The van der Waals surface area contributed by atoms with Crippen molar-refractivity contribution in [3.8, 4) is 12.3 Å². The molecular formula is C20H24N6O3. The first-order chi connectivity index (χ1) is 13.8. The second-order valence-corrected chi connectivity index (χ2v) is 7.34. The molecule has 0 fully saturated rings. The van der Waals surface area contributed by atoms with E-state index in [0.717, 1.165) is 0 Å². The first-order valence-corrected chi connectivity index (χ1v) is 9.65. The fraction of sp³-hybridized carbons (Fsp3) is 0.500. The summed E-state index contributed by atoms with van der Waals surface area (Å²) in [6.45, 7) is 6.30. The number of amides is 1. The molecule has 2 aromatic heterocycles. The Bertz CT molecular complexity index is 1130. The number of aryl methyl sites for hydroxylation is 1. The molecule has 1 aliphatic heterocycles. The van der Waals surface area contributed by atoms with E-state index >= 15 is 0 Å². The Morgan fingerprint density at radius 2 is 2.07 bits per heavy atom. The SMILES string of the molecule is C#CCCC1(CCNC(=O)c2cc(C(C)C)nc3c2c(=O)[nH]c(=O)n3CC)N=N1. The van der Waals surface area contributed by atoms with Crippen LogP contribution in [-0.4, -0.2) is 32.6 Å². The van der Waals surface area contributed by atoms with Gasteiger partial charge in [-0.25, -0.2) is 9.78 Å². The van der Waals surface area contributed by atoms with Gasteiger partial charge in [0, 0.05) is 38.0 Å². The number of rotatable bonds is 8. The van der Waals surface area contributed by atoms with Crippen molar-refractivity contribution in [1.82, 2.24) is 19.9 Å². The molecule has 0 bridgehead atoms. The minimum atomic E-state index is -0.625.